The van der Waals surface area contributed by atoms with Crippen LogP contribution >= 0.6 is 0 Å². The van der Waals surface area contributed by atoms with Crippen LogP contribution in [0, 0.1) is 0 Å². The molecule has 0 aliphatic carbocycles. The van der Waals surface area contributed by atoms with Crippen LogP contribution in [0.5, 0.6) is 23.0 Å². The Kier molecular flexibility index (Phi) is 5.56. The van der Waals surface area contributed by atoms with Gasteiger partial charge in [-0.05, 0) is 18.2 Å². The quantitative estimate of drug-likeness (QED) is 0.229. The Balaban J connectivity index is 1.66. The molecule has 1 saturated heterocycles. The number of ether oxygens (including phenoxy) is 2. The zero-order valence-electron chi connectivity index (χ0n) is 16.0. The smallest absolute Gasteiger partial charge is 0.368 e. The Morgan fingerprint density at radius 3 is 2.32 bits per heavy atom. The highest BCUT2D eigenvalue weighted by molar-refractivity contribution is 5.86. The number of aliphatic hydroxyl groups is 4. The van der Waals surface area contributed by atoms with Gasteiger partial charge in [-0.3, -0.25) is 0 Å². The zero-order chi connectivity index (χ0) is 22.3. The van der Waals surface area contributed by atoms with E-state index in [0.29, 0.717) is 16.7 Å². The molecule has 10 heteroatoms. The first-order chi connectivity index (χ1) is 14.8. The Morgan fingerprint density at radius 1 is 0.839 bits per heavy atom. The van der Waals surface area contributed by atoms with Crippen molar-refractivity contribution in [3.8, 4) is 34.3 Å². The molecule has 2 aromatic carbocycles. The first-order valence-electron chi connectivity index (χ1n) is 9.38. The molecule has 4 rings (SSSR count). The van der Waals surface area contributed by atoms with Crippen molar-refractivity contribution in [2.75, 3.05) is 6.61 Å². The monoisotopic (exact) mass is 433 g/mol. The number of hydrogen-bond acceptors (Lipinski definition) is 9. The average Bonchev–Trinajstić information content (AvgIpc) is 2.75. The molecule has 3 aromatic rings. The zero-order valence-corrected chi connectivity index (χ0v) is 16.0. The average molecular weight is 433 g/mol. The molecule has 5 atom stereocenters. The fourth-order valence-corrected chi connectivity index (χ4v) is 3.35. The molecule has 0 radical (unpaired) electrons. The van der Waals surface area contributed by atoms with E-state index in [1.807, 2.05) is 0 Å². The third-order valence-corrected chi connectivity index (χ3v) is 5.08. The van der Waals surface area contributed by atoms with Crippen LogP contribution in [-0.2, 0) is 4.74 Å². The molecule has 0 spiro atoms. The second-order valence-corrected chi connectivity index (χ2v) is 7.17. The lowest BCUT2D eigenvalue weighted by molar-refractivity contribution is -0.277. The van der Waals surface area contributed by atoms with Gasteiger partial charge in [0.2, 0.25) is 6.29 Å². The number of fused-ring (bicyclic) bond motifs is 1. The van der Waals surface area contributed by atoms with Crippen molar-refractivity contribution in [1.29, 1.82) is 0 Å². The summed E-state index contributed by atoms with van der Waals surface area (Å²) in [6, 6.07) is 9.99. The van der Waals surface area contributed by atoms with Crippen molar-refractivity contribution in [2.24, 2.45) is 0 Å². The lowest BCUT2D eigenvalue weighted by Gasteiger charge is -2.39. The summed E-state index contributed by atoms with van der Waals surface area (Å²) in [5, 5.41) is 69.1. The summed E-state index contributed by atoms with van der Waals surface area (Å²) in [7, 11) is 0. The normalized spacial score (nSPS) is 26.1. The van der Waals surface area contributed by atoms with E-state index in [-0.39, 0.29) is 28.6 Å². The van der Waals surface area contributed by atoms with Gasteiger partial charge in [0.25, 0.3) is 0 Å². The van der Waals surface area contributed by atoms with Gasteiger partial charge in [0.1, 0.15) is 41.3 Å². The van der Waals surface area contributed by atoms with Gasteiger partial charge in [-0.2, -0.15) is 0 Å². The van der Waals surface area contributed by atoms with Crippen LogP contribution in [0.25, 0.3) is 22.3 Å². The van der Waals surface area contributed by atoms with Crippen LogP contribution in [0.1, 0.15) is 0 Å². The molecule has 10 nitrogen and oxygen atoms in total. The Morgan fingerprint density at radius 2 is 1.61 bits per heavy atom. The van der Waals surface area contributed by atoms with Gasteiger partial charge in [0, 0.05) is 18.2 Å². The predicted octanol–water partition coefficient (Wildman–Crippen LogP) is 0.676. The molecule has 2 heterocycles. The molecule has 0 bridgehead atoms. The van der Waals surface area contributed by atoms with Gasteiger partial charge in [-0.15, -0.1) is 0 Å². The van der Waals surface area contributed by atoms with Gasteiger partial charge >= 0.3 is 11.3 Å². The van der Waals surface area contributed by atoms with Crippen molar-refractivity contribution in [3.63, 3.8) is 0 Å². The van der Waals surface area contributed by atoms with Crippen LogP contribution in [-0.4, -0.2) is 73.1 Å². The van der Waals surface area contributed by atoms with Gasteiger partial charge in [-0.1, -0.05) is 0 Å². The Hall–Kier alpha value is -3.15. The van der Waals surface area contributed by atoms with Gasteiger partial charge in [0.15, 0.2) is 11.5 Å². The number of aromatic hydroxyl groups is 3. The number of rotatable bonds is 4. The molecule has 164 valence electrons. The second-order valence-electron chi connectivity index (χ2n) is 7.17. The fourth-order valence-electron chi connectivity index (χ4n) is 3.35. The molecular weight excluding hydrogens is 412 g/mol. The van der Waals surface area contributed by atoms with Crippen LogP contribution in [0.15, 0.2) is 46.9 Å². The largest absolute Gasteiger partial charge is 0.507 e. The number of hydrogen-bond donors (Lipinski definition) is 7. The van der Waals surface area contributed by atoms with E-state index in [4.69, 9.17) is 13.9 Å². The minimum atomic E-state index is -1.61. The second kappa shape index (κ2) is 8.17. The fraction of sp³-hybridized carbons (Fsp3) is 0.286. The van der Waals surface area contributed by atoms with Crippen molar-refractivity contribution in [3.05, 3.63) is 42.5 Å². The van der Waals surface area contributed by atoms with E-state index in [2.05, 4.69) is 0 Å². The topological polar surface area (TPSA) is 171 Å². The van der Waals surface area contributed by atoms with Gasteiger partial charge in [-0.25, -0.2) is 4.42 Å². The maximum atomic E-state index is 10.3. The molecule has 5 unspecified atom stereocenters. The van der Waals surface area contributed by atoms with Crippen LogP contribution < -0.4 is 4.74 Å². The lowest BCUT2D eigenvalue weighted by Crippen LogP contribution is -2.60. The number of benzene rings is 2. The van der Waals surface area contributed by atoms with E-state index in [9.17, 15) is 35.7 Å². The van der Waals surface area contributed by atoms with E-state index >= 15 is 0 Å². The summed E-state index contributed by atoms with van der Waals surface area (Å²) >= 11 is 0. The third kappa shape index (κ3) is 3.94. The van der Waals surface area contributed by atoms with E-state index in [0.717, 1.165) is 0 Å². The Bertz CT molecular complexity index is 1100. The lowest BCUT2D eigenvalue weighted by atomic mass is 9.99. The van der Waals surface area contributed by atoms with E-state index < -0.39 is 37.3 Å². The van der Waals surface area contributed by atoms with Gasteiger partial charge in [0.05, 0.1) is 18.2 Å². The minimum absolute atomic E-state index is 0.0313. The molecule has 1 fully saturated rings. The molecule has 31 heavy (non-hydrogen) atoms. The van der Waals surface area contributed by atoms with Crippen molar-refractivity contribution >= 4 is 11.0 Å². The SMILES string of the molecule is OCC1OC(Oc2cc(O)c3ccc(-c4ccc(O)c(O)c4)[o+]c3c2)C(O)C(O)C1O. The van der Waals surface area contributed by atoms with E-state index in [1.54, 1.807) is 12.1 Å². The number of phenols is 3. The predicted molar refractivity (Wildman–Crippen MR) is 105 cm³/mol. The van der Waals surface area contributed by atoms with Crippen molar-refractivity contribution in [2.45, 2.75) is 30.7 Å². The molecule has 1 aromatic heterocycles. The Labute approximate surface area is 175 Å². The summed E-state index contributed by atoms with van der Waals surface area (Å²) in [5.74, 6) is -0.440. The van der Waals surface area contributed by atoms with Crippen molar-refractivity contribution in [1.82, 2.24) is 0 Å². The first-order valence-corrected chi connectivity index (χ1v) is 9.38. The van der Waals surface area contributed by atoms with Crippen molar-refractivity contribution < 1.29 is 49.6 Å². The summed E-state index contributed by atoms with van der Waals surface area (Å²) in [6.07, 6.45) is -7.31. The first kappa shape index (κ1) is 21.1. The summed E-state index contributed by atoms with van der Waals surface area (Å²) < 4.78 is 16.6. The molecule has 7 N–H and O–H groups in total. The standard InChI is InChI=1S/C21H20O10/c22-8-17-18(26)19(27)20(28)21(31-17)29-10-6-13(24)11-2-4-15(30-16(11)7-10)9-1-3-12(23)14(25)5-9/h1-7,17-22,26-28H,8H2,(H2-,23,24,25)/p+1. The molecule has 0 amide bonds. The molecule has 1 aliphatic heterocycles. The number of phenolic OH excluding ortho intramolecular Hbond substituents is 3. The maximum Gasteiger partial charge on any atom is 0.368 e. The summed E-state index contributed by atoms with van der Waals surface area (Å²) in [6.45, 7) is -0.605. The molecule has 1 aliphatic rings. The number of aliphatic hydroxyl groups excluding tert-OH is 4. The van der Waals surface area contributed by atoms with Crippen LogP contribution in [0.3, 0.4) is 0 Å². The highest BCUT2D eigenvalue weighted by Gasteiger charge is 2.44. The van der Waals surface area contributed by atoms with Gasteiger partial charge < -0.3 is 45.2 Å². The third-order valence-electron chi connectivity index (χ3n) is 5.08. The summed E-state index contributed by atoms with van der Waals surface area (Å²) in [4.78, 5) is 0. The minimum Gasteiger partial charge on any atom is -0.507 e. The van der Waals surface area contributed by atoms with E-state index in [1.165, 1.54) is 30.3 Å². The van der Waals surface area contributed by atoms with Crippen LogP contribution in [0.2, 0.25) is 0 Å². The maximum absolute atomic E-state index is 10.3. The highest BCUT2D eigenvalue weighted by Crippen LogP contribution is 2.36. The highest BCUT2D eigenvalue weighted by atomic mass is 16.7. The van der Waals surface area contributed by atoms with Crippen LogP contribution in [0.4, 0.5) is 0 Å². The molecule has 0 saturated carbocycles. The molecular formula is C21H21O10+. The summed E-state index contributed by atoms with van der Waals surface area (Å²) in [5.41, 5.74) is 0.668.